The average molecular weight is 704 g/mol. The zero-order valence-electron chi connectivity index (χ0n) is 28.6. The van der Waals surface area contributed by atoms with Crippen LogP contribution in [0.15, 0.2) is 69.6 Å². The SMILES string of the molecule is CNCCc1csc2c(N(C)CCC3=C[SH](CN(C)CCc4csc5cccc(OC)c45)c4ccc(OC)cc43)cc(OC(C)=O)cc12. The zero-order chi connectivity index (χ0) is 33.8. The van der Waals surface area contributed by atoms with Crippen LogP contribution in [0.5, 0.6) is 17.2 Å². The number of thiol groups is 1. The Labute approximate surface area is 294 Å². The summed E-state index contributed by atoms with van der Waals surface area (Å²) in [6.45, 7) is 4.16. The summed E-state index contributed by atoms with van der Waals surface area (Å²) in [5.41, 5.74) is 6.40. The van der Waals surface area contributed by atoms with E-state index in [1.807, 2.05) is 19.2 Å². The molecule has 3 aromatic carbocycles. The minimum absolute atomic E-state index is 0.307. The number of fused-ring (bicyclic) bond motifs is 3. The standard InChI is InChI=1S/C38H45N3O4S3/c1-25(42)45-30-19-32-26(12-15-39-2)21-47-38(32)33(20-30)41(4)17-14-28-23-48(36-11-10-29(43-5)18-31(28)36)24-40(3)16-13-27-22-46-35-9-7-8-34(44-6)37(27)35/h7-11,18-23,39,48H,12-17,24H2,1-6H3. The lowest BCUT2D eigenvalue weighted by Crippen LogP contribution is -2.22. The molecule has 0 bridgehead atoms. The van der Waals surface area contributed by atoms with Gasteiger partial charge in [-0.2, -0.15) is 10.9 Å². The van der Waals surface area contributed by atoms with Crippen molar-refractivity contribution in [2.24, 2.45) is 0 Å². The fourth-order valence-electron chi connectivity index (χ4n) is 6.42. The lowest BCUT2D eigenvalue weighted by Gasteiger charge is -2.24. The summed E-state index contributed by atoms with van der Waals surface area (Å²) >= 11 is 3.55. The maximum Gasteiger partial charge on any atom is 0.308 e. The van der Waals surface area contributed by atoms with Gasteiger partial charge in [0, 0.05) is 54.5 Å². The van der Waals surface area contributed by atoms with Crippen molar-refractivity contribution in [3.05, 3.63) is 81.4 Å². The van der Waals surface area contributed by atoms with Gasteiger partial charge in [0.1, 0.15) is 17.2 Å². The van der Waals surface area contributed by atoms with Crippen LogP contribution in [0.2, 0.25) is 0 Å². The molecule has 0 amide bonds. The number of thiophene rings is 2. The van der Waals surface area contributed by atoms with E-state index in [4.69, 9.17) is 14.2 Å². The van der Waals surface area contributed by atoms with Crippen LogP contribution in [0.4, 0.5) is 5.69 Å². The summed E-state index contributed by atoms with van der Waals surface area (Å²) in [6.07, 6.45) is 2.80. The maximum absolute atomic E-state index is 11.9. The number of rotatable bonds is 15. The predicted octanol–water partition coefficient (Wildman–Crippen LogP) is 8.19. The van der Waals surface area contributed by atoms with E-state index in [1.54, 1.807) is 36.9 Å². The normalized spacial score (nSPS) is 14.8. The van der Waals surface area contributed by atoms with Crippen LogP contribution in [0.1, 0.15) is 30.0 Å². The Hall–Kier alpha value is -3.54. The van der Waals surface area contributed by atoms with Crippen molar-refractivity contribution in [1.29, 1.82) is 0 Å². The van der Waals surface area contributed by atoms with E-state index in [-0.39, 0.29) is 5.97 Å². The quantitative estimate of drug-likeness (QED) is 0.0648. The van der Waals surface area contributed by atoms with E-state index >= 15 is 0 Å². The molecule has 6 rings (SSSR count). The summed E-state index contributed by atoms with van der Waals surface area (Å²) in [4.78, 5) is 18.1. The van der Waals surface area contributed by atoms with Crippen LogP contribution in [-0.2, 0) is 17.6 Å². The first kappa shape index (κ1) is 34.3. The second kappa shape index (κ2) is 15.3. The van der Waals surface area contributed by atoms with E-state index in [9.17, 15) is 4.79 Å². The molecule has 0 spiro atoms. The van der Waals surface area contributed by atoms with E-state index in [1.165, 1.54) is 48.9 Å². The van der Waals surface area contributed by atoms with Crippen molar-refractivity contribution < 1.29 is 19.0 Å². The third-order valence-corrected chi connectivity index (χ3v) is 13.4. The molecule has 3 heterocycles. The van der Waals surface area contributed by atoms with Gasteiger partial charge in [-0.1, -0.05) is 6.07 Å². The molecule has 0 aliphatic carbocycles. The molecule has 0 saturated carbocycles. The molecule has 10 heteroatoms. The van der Waals surface area contributed by atoms with Gasteiger partial charge in [0.25, 0.3) is 0 Å². The lowest BCUT2D eigenvalue weighted by molar-refractivity contribution is -0.131. The van der Waals surface area contributed by atoms with Crippen LogP contribution < -0.4 is 24.4 Å². The third-order valence-electron chi connectivity index (χ3n) is 8.93. The van der Waals surface area contributed by atoms with Crippen LogP contribution in [0.3, 0.4) is 0 Å². The second-order valence-electron chi connectivity index (χ2n) is 12.3. The van der Waals surface area contributed by atoms with Crippen molar-refractivity contribution in [2.45, 2.75) is 31.1 Å². The Morgan fingerprint density at radius 3 is 2.52 bits per heavy atom. The number of anilines is 1. The first-order valence-electron chi connectivity index (χ1n) is 16.2. The van der Waals surface area contributed by atoms with Crippen molar-refractivity contribution in [1.82, 2.24) is 10.2 Å². The van der Waals surface area contributed by atoms with Gasteiger partial charge in [-0.05, 0) is 120 Å². The Morgan fingerprint density at radius 2 is 1.75 bits per heavy atom. The van der Waals surface area contributed by atoms with E-state index in [0.29, 0.717) is 5.75 Å². The second-order valence-corrected chi connectivity index (χ2v) is 16.0. The first-order chi connectivity index (χ1) is 23.3. The van der Waals surface area contributed by atoms with Crippen LogP contribution in [0, 0.1) is 0 Å². The number of hydrogen-bond donors (Lipinski definition) is 2. The minimum atomic E-state index is -0.495. The highest BCUT2D eigenvalue weighted by atomic mass is 32.2. The van der Waals surface area contributed by atoms with Gasteiger partial charge >= 0.3 is 5.97 Å². The summed E-state index contributed by atoms with van der Waals surface area (Å²) in [5.74, 6) is 3.14. The van der Waals surface area contributed by atoms with Gasteiger partial charge in [-0.15, -0.1) is 22.7 Å². The number of carbonyl (C=O) groups excluding carboxylic acids is 1. The van der Waals surface area contributed by atoms with Crippen molar-refractivity contribution in [3.63, 3.8) is 0 Å². The van der Waals surface area contributed by atoms with Gasteiger partial charge in [-0.3, -0.25) is 9.69 Å². The van der Waals surface area contributed by atoms with Gasteiger partial charge in [0.05, 0.1) is 24.6 Å². The lowest BCUT2D eigenvalue weighted by atomic mass is 10.0. The highest BCUT2D eigenvalue weighted by molar-refractivity contribution is 8.20. The molecule has 0 radical (unpaired) electrons. The molecular formula is C38H45N3O4S3. The molecule has 1 unspecified atom stereocenters. The van der Waals surface area contributed by atoms with E-state index < -0.39 is 10.9 Å². The van der Waals surface area contributed by atoms with Gasteiger partial charge in [0.2, 0.25) is 0 Å². The van der Waals surface area contributed by atoms with E-state index in [0.717, 1.165) is 67.3 Å². The molecule has 7 nitrogen and oxygen atoms in total. The van der Waals surface area contributed by atoms with Crippen molar-refractivity contribution in [2.75, 3.05) is 65.8 Å². The first-order valence-corrected chi connectivity index (χ1v) is 19.6. The van der Waals surface area contributed by atoms with Gasteiger partial charge in [0.15, 0.2) is 0 Å². The highest BCUT2D eigenvalue weighted by Gasteiger charge is 2.24. The number of hydrogen-bond acceptors (Lipinski definition) is 9. The maximum atomic E-state index is 11.9. The molecular weight excluding hydrogens is 659 g/mol. The van der Waals surface area contributed by atoms with Gasteiger partial charge < -0.3 is 24.4 Å². The molecule has 1 aliphatic rings. The number of carbonyl (C=O) groups is 1. The summed E-state index contributed by atoms with van der Waals surface area (Å²) in [6, 6.07) is 16.9. The molecule has 1 atom stereocenters. The molecule has 0 saturated heterocycles. The Morgan fingerprint density at radius 1 is 0.917 bits per heavy atom. The van der Waals surface area contributed by atoms with Crippen molar-refractivity contribution in [3.8, 4) is 17.2 Å². The molecule has 1 N–H and O–H groups in total. The van der Waals surface area contributed by atoms with Gasteiger partial charge in [-0.25, -0.2) is 0 Å². The molecule has 2 aromatic heterocycles. The van der Waals surface area contributed by atoms with Crippen LogP contribution in [0.25, 0.3) is 25.7 Å². The predicted molar refractivity (Wildman–Crippen MR) is 206 cm³/mol. The highest BCUT2D eigenvalue weighted by Crippen LogP contribution is 2.52. The number of benzene rings is 3. The Kier molecular flexibility index (Phi) is 11.0. The summed E-state index contributed by atoms with van der Waals surface area (Å²) in [7, 11) is 9.35. The molecule has 48 heavy (non-hydrogen) atoms. The number of nitrogens with one attached hydrogen (secondary N) is 1. The van der Waals surface area contributed by atoms with Crippen LogP contribution in [-0.4, -0.2) is 71.7 Å². The number of ether oxygens (including phenoxy) is 3. The summed E-state index contributed by atoms with van der Waals surface area (Å²) in [5, 5.41) is 12.7. The van der Waals surface area contributed by atoms with Crippen molar-refractivity contribution >= 4 is 71.0 Å². The Bertz CT molecular complexity index is 1950. The fraction of sp³-hybridized carbons (Fsp3) is 0.342. The Balaban J connectivity index is 1.19. The number of likely N-dealkylation sites (N-methyl/N-ethyl adjacent to an activating group) is 2. The monoisotopic (exact) mass is 703 g/mol. The minimum Gasteiger partial charge on any atom is -0.497 e. The molecule has 5 aromatic rings. The fourth-order valence-corrected chi connectivity index (χ4v) is 11.1. The van der Waals surface area contributed by atoms with Crippen LogP contribution >= 0.6 is 33.6 Å². The average Bonchev–Trinajstić information content (AvgIpc) is 3.79. The molecule has 1 aliphatic heterocycles. The molecule has 254 valence electrons. The third kappa shape index (κ3) is 7.38. The number of nitrogens with zero attached hydrogens (tertiary/aromatic N) is 2. The number of methoxy groups -OCH3 is 2. The summed E-state index contributed by atoms with van der Waals surface area (Å²) < 4.78 is 19.5. The number of esters is 1. The smallest absolute Gasteiger partial charge is 0.308 e. The zero-order valence-corrected chi connectivity index (χ0v) is 31.1. The topological polar surface area (TPSA) is 63.3 Å². The van der Waals surface area contributed by atoms with E-state index in [2.05, 4.69) is 81.8 Å². The largest absolute Gasteiger partial charge is 0.497 e. The molecule has 0 fully saturated rings.